The first kappa shape index (κ1) is 10.9. The van der Waals surface area contributed by atoms with Gasteiger partial charge in [0.2, 0.25) is 0 Å². The van der Waals surface area contributed by atoms with Crippen LogP contribution in [0.15, 0.2) is 40.7 Å². The van der Waals surface area contributed by atoms with Gasteiger partial charge in [0, 0.05) is 12.0 Å². The summed E-state index contributed by atoms with van der Waals surface area (Å²) < 4.78 is 0. The Hall–Kier alpha value is -2.61. The number of rotatable bonds is 1. The lowest BCUT2D eigenvalue weighted by molar-refractivity contribution is 0.0965. The number of allylic oxidation sites excluding steroid dienone is 1. The molecule has 0 fully saturated rings. The number of nitrogens with zero attached hydrogens (tertiary/aromatic N) is 2. The third kappa shape index (κ3) is 2.01. The van der Waals surface area contributed by atoms with Crippen LogP contribution in [0.5, 0.6) is 0 Å². The van der Waals surface area contributed by atoms with E-state index in [1.165, 1.54) is 0 Å². The van der Waals surface area contributed by atoms with Gasteiger partial charge in [-0.2, -0.15) is 5.26 Å². The van der Waals surface area contributed by atoms with Crippen molar-refractivity contribution in [2.24, 2.45) is 10.7 Å². The quantitative estimate of drug-likeness (QED) is 0.545. The zero-order chi connectivity index (χ0) is 12.3. The van der Waals surface area contributed by atoms with E-state index in [4.69, 9.17) is 11.0 Å². The molecule has 0 aliphatic carbocycles. The lowest BCUT2D eigenvalue weighted by atomic mass is 10.0. The number of benzene rings is 1. The third-order valence-corrected chi connectivity index (χ3v) is 2.49. The molecule has 0 unspecified atom stereocenters. The van der Waals surface area contributed by atoms with Crippen molar-refractivity contribution in [1.82, 2.24) is 5.32 Å². The van der Waals surface area contributed by atoms with Gasteiger partial charge in [-0.05, 0) is 11.6 Å². The standard InChI is InChI=1S/C12H10N4O/c13-6-9-5-8-3-1-2-4-10(8)12(17)16-11(9)15-7-14/h1-4,7H,5H2,(H2,14,15)(H,16,17). The number of hydrogen-bond donors (Lipinski definition) is 2. The summed E-state index contributed by atoms with van der Waals surface area (Å²) in [6, 6.07) is 9.18. The number of fused-ring (bicyclic) bond motifs is 1. The number of aliphatic imine (C=N–C) groups is 1. The van der Waals surface area contributed by atoms with Crippen molar-refractivity contribution >= 4 is 12.2 Å². The molecule has 0 radical (unpaired) electrons. The topological polar surface area (TPSA) is 91.3 Å². The number of amides is 1. The molecule has 1 aromatic rings. The summed E-state index contributed by atoms with van der Waals surface area (Å²) in [4.78, 5) is 15.7. The molecule has 1 amide bonds. The van der Waals surface area contributed by atoms with Crippen LogP contribution in [-0.4, -0.2) is 12.2 Å². The van der Waals surface area contributed by atoms with Gasteiger partial charge in [0.05, 0.1) is 18.0 Å². The summed E-state index contributed by atoms with van der Waals surface area (Å²) in [7, 11) is 0. The van der Waals surface area contributed by atoms with E-state index in [9.17, 15) is 4.79 Å². The Bertz CT molecular complexity index is 566. The average Bonchev–Trinajstić information content (AvgIpc) is 2.48. The normalized spacial score (nSPS) is 15.1. The summed E-state index contributed by atoms with van der Waals surface area (Å²) in [6.07, 6.45) is 1.43. The fourth-order valence-electron chi connectivity index (χ4n) is 1.70. The highest BCUT2D eigenvalue weighted by molar-refractivity contribution is 5.97. The summed E-state index contributed by atoms with van der Waals surface area (Å²) in [5, 5.41) is 11.6. The minimum absolute atomic E-state index is 0.219. The highest BCUT2D eigenvalue weighted by Crippen LogP contribution is 2.19. The Morgan fingerprint density at radius 2 is 2.24 bits per heavy atom. The Morgan fingerprint density at radius 1 is 1.47 bits per heavy atom. The molecule has 0 saturated carbocycles. The zero-order valence-electron chi connectivity index (χ0n) is 8.97. The van der Waals surface area contributed by atoms with Crippen molar-refractivity contribution in [2.45, 2.75) is 6.42 Å². The van der Waals surface area contributed by atoms with Crippen LogP contribution in [0, 0.1) is 11.3 Å². The molecule has 5 nitrogen and oxygen atoms in total. The number of carbonyl (C=O) groups is 1. The van der Waals surface area contributed by atoms with E-state index < -0.39 is 0 Å². The lowest BCUT2D eigenvalue weighted by Gasteiger charge is -2.03. The summed E-state index contributed by atoms with van der Waals surface area (Å²) in [5.41, 5.74) is 6.95. The second-order valence-corrected chi connectivity index (χ2v) is 3.51. The minimum atomic E-state index is -0.272. The molecule has 0 aromatic heterocycles. The van der Waals surface area contributed by atoms with Gasteiger partial charge in [-0.25, -0.2) is 4.99 Å². The predicted octanol–water partition coefficient (Wildman–Crippen LogP) is 0.695. The van der Waals surface area contributed by atoms with Crippen LogP contribution in [-0.2, 0) is 6.42 Å². The first-order chi connectivity index (χ1) is 8.26. The highest BCUT2D eigenvalue weighted by Gasteiger charge is 2.20. The maximum Gasteiger partial charge on any atom is 0.257 e. The summed E-state index contributed by atoms with van der Waals surface area (Å²) in [6.45, 7) is 0. The number of nitrogens with one attached hydrogen (secondary N) is 1. The maximum absolute atomic E-state index is 11.9. The number of hydrogen-bond acceptors (Lipinski definition) is 3. The Labute approximate surface area is 98.3 Å². The molecule has 1 heterocycles. The minimum Gasteiger partial charge on any atom is -0.390 e. The van der Waals surface area contributed by atoms with Crippen LogP contribution in [0.2, 0.25) is 0 Å². The van der Waals surface area contributed by atoms with Gasteiger partial charge in [-0.15, -0.1) is 0 Å². The molecule has 0 saturated heterocycles. The van der Waals surface area contributed by atoms with Crippen LogP contribution in [0.3, 0.4) is 0 Å². The van der Waals surface area contributed by atoms with E-state index in [0.29, 0.717) is 17.6 Å². The largest absolute Gasteiger partial charge is 0.390 e. The molecule has 0 bridgehead atoms. The molecule has 1 aromatic carbocycles. The number of nitrogens with two attached hydrogens (primary N) is 1. The van der Waals surface area contributed by atoms with Gasteiger partial charge in [0.15, 0.2) is 0 Å². The highest BCUT2D eigenvalue weighted by atomic mass is 16.1. The van der Waals surface area contributed by atoms with E-state index in [1.54, 1.807) is 12.1 Å². The van der Waals surface area contributed by atoms with Crippen molar-refractivity contribution in [2.75, 3.05) is 0 Å². The van der Waals surface area contributed by atoms with Gasteiger partial charge in [0.25, 0.3) is 5.91 Å². The van der Waals surface area contributed by atoms with Crippen LogP contribution in [0.25, 0.3) is 0 Å². The van der Waals surface area contributed by atoms with Crippen molar-refractivity contribution in [3.8, 4) is 6.07 Å². The zero-order valence-corrected chi connectivity index (χ0v) is 8.97. The Morgan fingerprint density at radius 3 is 2.94 bits per heavy atom. The van der Waals surface area contributed by atoms with Gasteiger partial charge in [0.1, 0.15) is 5.82 Å². The summed E-state index contributed by atoms with van der Waals surface area (Å²) in [5.74, 6) is -0.0531. The molecule has 5 heteroatoms. The van der Waals surface area contributed by atoms with Crippen molar-refractivity contribution < 1.29 is 4.79 Å². The van der Waals surface area contributed by atoms with Gasteiger partial charge < -0.3 is 11.1 Å². The molecule has 0 atom stereocenters. The van der Waals surface area contributed by atoms with Crippen molar-refractivity contribution in [3.63, 3.8) is 0 Å². The van der Waals surface area contributed by atoms with E-state index >= 15 is 0 Å². The molecule has 3 N–H and O–H groups in total. The van der Waals surface area contributed by atoms with Gasteiger partial charge in [-0.3, -0.25) is 4.79 Å². The Balaban J connectivity index is 2.53. The lowest BCUT2D eigenvalue weighted by Crippen LogP contribution is -2.22. The first-order valence-electron chi connectivity index (χ1n) is 5.03. The van der Waals surface area contributed by atoms with Crippen LogP contribution in [0.1, 0.15) is 15.9 Å². The van der Waals surface area contributed by atoms with Crippen molar-refractivity contribution in [3.05, 3.63) is 46.8 Å². The smallest absolute Gasteiger partial charge is 0.257 e. The molecular weight excluding hydrogens is 216 g/mol. The van der Waals surface area contributed by atoms with Crippen LogP contribution < -0.4 is 11.1 Å². The van der Waals surface area contributed by atoms with Gasteiger partial charge >= 0.3 is 0 Å². The fraction of sp³-hybridized carbons (Fsp3) is 0.0833. The summed E-state index contributed by atoms with van der Waals surface area (Å²) >= 11 is 0. The SMILES string of the molecule is N#CC1=C(/N=C/N)NC(=O)c2ccccc2C1. The van der Waals surface area contributed by atoms with Crippen molar-refractivity contribution in [1.29, 1.82) is 5.26 Å². The average molecular weight is 226 g/mol. The molecule has 2 rings (SSSR count). The molecule has 84 valence electrons. The number of carbonyl (C=O) groups excluding carboxylic acids is 1. The molecule has 1 aliphatic rings. The van der Waals surface area contributed by atoms with Crippen LogP contribution >= 0.6 is 0 Å². The Kier molecular flexibility index (Phi) is 2.88. The predicted molar refractivity (Wildman–Crippen MR) is 62.9 cm³/mol. The van der Waals surface area contributed by atoms with E-state index in [-0.39, 0.29) is 11.7 Å². The van der Waals surface area contributed by atoms with Gasteiger partial charge in [-0.1, -0.05) is 18.2 Å². The monoisotopic (exact) mass is 226 g/mol. The number of nitriles is 1. The maximum atomic E-state index is 11.9. The second kappa shape index (κ2) is 4.49. The molecule has 17 heavy (non-hydrogen) atoms. The first-order valence-corrected chi connectivity index (χ1v) is 5.03. The molecular formula is C12H10N4O. The third-order valence-electron chi connectivity index (χ3n) is 2.49. The molecule has 0 spiro atoms. The van der Waals surface area contributed by atoms with E-state index in [0.717, 1.165) is 11.9 Å². The van der Waals surface area contributed by atoms with Crippen LogP contribution in [0.4, 0.5) is 0 Å². The van der Waals surface area contributed by atoms with E-state index in [2.05, 4.69) is 10.3 Å². The van der Waals surface area contributed by atoms with E-state index in [1.807, 2.05) is 18.2 Å². The second-order valence-electron chi connectivity index (χ2n) is 3.51. The fourth-order valence-corrected chi connectivity index (χ4v) is 1.70. The molecule has 1 aliphatic heterocycles.